The highest BCUT2D eigenvalue weighted by Crippen LogP contribution is 2.42. The highest BCUT2D eigenvalue weighted by molar-refractivity contribution is 14.1. The summed E-state index contributed by atoms with van der Waals surface area (Å²) in [5, 5.41) is 3.11. The van der Waals surface area contributed by atoms with Crippen LogP contribution in [0.5, 0.6) is 0 Å². The summed E-state index contributed by atoms with van der Waals surface area (Å²) in [5.41, 5.74) is 0.727. The fraction of sp³-hybridized carbons (Fsp3) is 0.533. The highest BCUT2D eigenvalue weighted by atomic mass is 127. The number of halogens is 1. The SMILES string of the molecule is CCOC1CC(NC(=O)c2ccc(I)cc2)C1(C)C. The van der Waals surface area contributed by atoms with Crippen molar-refractivity contribution in [3.63, 3.8) is 0 Å². The van der Waals surface area contributed by atoms with E-state index in [0.29, 0.717) is 0 Å². The lowest BCUT2D eigenvalue weighted by Crippen LogP contribution is -2.62. The van der Waals surface area contributed by atoms with Gasteiger partial charge in [-0.2, -0.15) is 0 Å². The van der Waals surface area contributed by atoms with Gasteiger partial charge in [0.25, 0.3) is 5.91 Å². The van der Waals surface area contributed by atoms with E-state index in [2.05, 4.69) is 41.8 Å². The summed E-state index contributed by atoms with van der Waals surface area (Å²) >= 11 is 2.23. The van der Waals surface area contributed by atoms with Crippen molar-refractivity contribution >= 4 is 28.5 Å². The minimum Gasteiger partial charge on any atom is -0.378 e. The second-order valence-electron chi connectivity index (χ2n) is 5.53. The summed E-state index contributed by atoms with van der Waals surface area (Å²) in [6.45, 7) is 7.03. The number of rotatable bonds is 4. The average Bonchev–Trinajstić information content (AvgIpc) is 2.38. The second kappa shape index (κ2) is 5.79. The Balaban J connectivity index is 1.96. The Morgan fingerprint density at radius 1 is 1.42 bits per heavy atom. The molecule has 0 bridgehead atoms. The number of hydrogen-bond donors (Lipinski definition) is 1. The maximum atomic E-state index is 12.2. The average molecular weight is 373 g/mol. The van der Waals surface area contributed by atoms with Gasteiger partial charge in [-0.3, -0.25) is 4.79 Å². The van der Waals surface area contributed by atoms with E-state index in [0.717, 1.165) is 22.2 Å². The van der Waals surface area contributed by atoms with Crippen LogP contribution < -0.4 is 5.32 Å². The number of benzene rings is 1. The van der Waals surface area contributed by atoms with Crippen molar-refractivity contribution in [2.24, 2.45) is 5.41 Å². The lowest BCUT2D eigenvalue weighted by atomic mass is 9.64. The number of carbonyl (C=O) groups excluding carboxylic acids is 1. The summed E-state index contributed by atoms with van der Waals surface area (Å²) in [6, 6.07) is 7.82. The Kier molecular flexibility index (Phi) is 4.50. The first kappa shape index (κ1) is 14.8. The van der Waals surface area contributed by atoms with Crippen molar-refractivity contribution < 1.29 is 9.53 Å². The van der Waals surface area contributed by atoms with Gasteiger partial charge >= 0.3 is 0 Å². The normalized spacial score (nSPS) is 24.6. The molecular formula is C15H20INO2. The largest absolute Gasteiger partial charge is 0.378 e. The van der Waals surface area contributed by atoms with Crippen LogP contribution in [-0.4, -0.2) is 24.7 Å². The van der Waals surface area contributed by atoms with Gasteiger partial charge in [0.05, 0.1) is 6.10 Å². The van der Waals surface area contributed by atoms with Gasteiger partial charge in [0.2, 0.25) is 0 Å². The van der Waals surface area contributed by atoms with E-state index in [-0.39, 0.29) is 23.5 Å². The number of ether oxygens (including phenoxy) is 1. The van der Waals surface area contributed by atoms with Gasteiger partial charge in [-0.05, 0) is 60.2 Å². The quantitative estimate of drug-likeness (QED) is 0.824. The Labute approximate surface area is 128 Å². The van der Waals surface area contributed by atoms with Gasteiger partial charge < -0.3 is 10.1 Å². The molecule has 1 aromatic rings. The van der Waals surface area contributed by atoms with Crippen LogP contribution in [0.4, 0.5) is 0 Å². The van der Waals surface area contributed by atoms with Gasteiger partial charge in [0.15, 0.2) is 0 Å². The second-order valence-corrected chi connectivity index (χ2v) is 6.78. The van der Waals surface area contributed by atoms with Crippen molar-refractivity contribution in [1.29, 1.82) is 0 Å². The molecule has 0 aliphatic heterocycles. The Hall–Kier alpha value is -0.620. The highest BCUT2D eigenvalue weighted by Gasteiger charge is 2.49. The molecule has 0 saturated heterocycles. The minimum absolute atomic E-state index is 0.00410. The molecule has 4 heteroatoms. The molecule has 0 radical (unpaired) electrons. The van der Waals surface area contributed by atoms with E-state index in [1.807, 2.05) is 31.2 Å². The third-order valence-electron chi connectivity index (χ3n) is 3.96. The third-order valence-corrected chi connectivity index (χ3v) is 4.68. The Morgan fingerprint density at radius 3 is 2.58 bits per heavy atom. The zero-order valence-corrected chi connectivity index (χ0v) is 13.7. The van der Waals surface area contributed by atoms with Crippen LogP contribution in [0.3, 0.4) is 0 Å². The van der Waals surface area contributed by atoms with Gasteiger partial charge in [0, 0.05) is 27.2 Å². The molecule has 19 heavy (non-hydrogen) atoms. The van der Waals surface area contributed by atoms with Crippen molar-refractivity contribution in [2.45, 2.75) is 39.3 Å². The van der Waals surface area contributed by atoms with Crippen LogP contribution in [0.2, 0.25) is 0 Å². The maximum Gasteiger partial charge on any atom is 0.251 e. The molecule has 1 N–H and O–H groups in total. The number of carbonyl (C=O) groups is 1. The molecule has 104 valence electrons. The van der Waals surface area contributed by atoms with Crippen LogP contribution in [0.15, 0.2) is 24.3 Å². The van der Waals surface area contributed by atoms with E-state index in [4.69, 9.17) is 4.74 Å². The summed E-state index contributed by atoms with van der Waals surface area (Å²) in [4.78, 5) is 12.2. The van der Waals surface area contributed by atoms with Crippen LogP contribution in [0, 0.1) is 8.99 Å². The molecule has 2 rings (SSSR count). The monoisotopic (exact) mass is 373 g/mol. The zero-order valence-electron chi connectivity index (χ0n) is 11.6. The van der Waals surface area contributed by atoms with E-state index >= 15 is 0 Å². The molecule has 1 saturated carbocycles. The maximum absolute atomic E-state index is 12.2. The van der Waals surface area contributed by atoms with Gasteiger partial charge in [0.1, 0.15) is 0 Å². The third kappa shape index (κ3) is 3.11. The number of amides is 1. The molecule has 0 heterocycles. The molecule has 0 aromatic heterocycles. The van der Waals surface area contributed by atoms with Crippen molar-refractivity contribution in [3.8, 4) is 0 Å². The summed E-state index contributed by atoms with van der Waals surface area (Å²) in [7, 11) is 0. The first-order valence-electron chi connectivity index (χ1n) is 6.63. The van der Waals surface area contributed by atoms with Crippen LogP contribution in [0.1, 0.15) is 37.6 Å². The Morgan fingerprint density at radius 2 is 2.05 bits per heavy atom. The molecule has 1 fully saturated rings. The molecule has 1 aliphatic carbocycles. The van der Waals surface area contributed by atoms with E-state index in [1.165, 1.54) is 0 Å². The van der Waals surface area contributed by atoms with Gasteiger partial charge in [-0.1, -0.05) is 13.8 Å². The van der Waals surface area contributed by atoms with Crippen molar-refractivity contribution in [2.75, 3.05) is 6.61 Å². The van der Waals surface area contributed by atoms with Crippen LogP contribution in [-0.2, 0) is 4.74 Å². The smallest absolute Gasteiger partial charge is 0.251 e. The zero-order chi connectivity index (χ0) is 14.0. The summed E-state index contributed by atoms with van der Waals surface area (Å²) in [6.07, 6.45) is 1.15. The molecule has 2 atom stereocenters. The lowest BCUT2D eigenvalue weighted by Gasteiger charge is -2.51. The van der Waals surface area contributed by atoms with E-state index in [1.54, 1.807) is 0 Å². The molecule has 1 aliphatic rings. The van der Waals surface area contributed by atoms with Crippen LogP contribution in [0.25, 0.3) is 0 Å². The summed E-state index contributed by atoms with van der Waals surface area (Å²) < 4.78 is 6.81. The molecule has 3 nitrogen and oxygen atoms in total. The molecule has 0 spiro atoms. The standard InChI is InChI=1S/C15H20INO2/c1-4-19-13-9-12(15(13,2)3)17-14(18)10-5-7-11(16)8-6-10/h5-8,12-13H,4,9H2,1-3H3,(H,17,18). The fourth-order valence-electron chi connectivity index (χ4n) is 2.46. The number of nitrogens with one attached hydrogen (secondary N) is 1. The molecule has 1 aromatic carbocycles. The topological polar surface area (TPSA) is 38.3 Å². The first-order valence-corrected chi connectivity index (χ1v) is 7.71. The van der Waals surface area contributed by atoms with Gasteiger partial charge in [-0.25, -0.2) is 0 Å². The van der Waals surface area contributed by atoms with Crippen molar-refractivity contribution in [1.82, 2.24) is 5.32 Å². The molecular weight excluding hydrogens is 353 g/mol. The van der Waals surface area contributed by atoms with E-state index in [9.17, 15) is 4.79 Å². The predicted octanol–water partition coefficient (Wildman–Crippen LogP) is 3.22. The van der Waals surface area contributed by atoms with Crippen LogP contribution >= 0.6 is 22.6 Å². The molecule has 2 unspecified atom stereocenters. The first-order chi connectivity index (χ1) is 8.95. The lowest BCUT2D eigenvalue weighted by molar-refractivity contribution is -0.111. The Bertz CT molecular complexity index is 456. The van der Waals surface area contributed by atoms with Gasteiger partial charge in [-0.15, -0.1) is 0 Å². The summed E-state index contributed by atoms with van der Waals surface area (Å²) in [5.74, 6) is 0.00410. The fourth-order valence-corrected chi connectivity index (χ4v) is 2.82. The van der Waals surface area contributed by atoms with E-state index < -0.39 is 0 Å². The minimum atomic E-state index is 0.00410. The predicted molar refractivity (Wildman–Crippen MR) is 84.2 cm³/mol. The number of hydrogen-bond acceptors (Lipinski definition) is 2. The molecule has 1 amide bonds. The van der Waals surface area contributed by atoms with Crippen molar-refractivity contribution in [3.05, 3.63) is 33.4 Å².